The van der Waals surface area contributed by atoms with Gasteiger partial charge in [0.25, 0.3) is 0 Å². The highest BCUT2D eigenvalue weighted by atomic mass is 15.1. The quantitative estimate of drug-likeness (QED) is 0.803. The molecule has 0 radical (unpaired) electrons. The second kappa shape index (κ2) is 4.08. The molecule has 2 atom stereocenters. The van der Waals surface area contributed by atoms with Crippen LogP contribution < -0.4 is 0 Å². The van der Waals surface area contributed by atoms with Crippen LogP contribution in [0.15, 0.2) is 6.08 Å². The molecule has 0 amide bonds. The summed E-state index contributed by atoms with van der Waals surface area (Å²) in [4.78, 5) is 0. The number of nitrogens with one attached hydrogen (secondary N) is 1. The Bertz CT molecular complexity index is 403. The Hall–Kier alpha value is -1.05. The number of hydrogen-bond acceptors (Lipinski definition) is 1. The second-order valence-corrected chi connectivity index (χ2v) is 5.23. The van der Waals surface area contributed by atoms with Crippen LogP contribution in [0.3, 0.4) is 0 Å². The van der Waals surface area contributed by atoms with E-state index in [9.17, 15) is 0 Å². The van der Waals surface area contributed by atoms with Gasteiger partial charge in [-0.05, 0) is 44.1 Å². The van der Waals surface area contributed by atoms with E-state index < -0.39 is 0 Å². The molecule has 0 saturated heterocycles. The molecule has 1 saturated carbocycles. The van der Waals surface area contributed by atoms with E-state index >= 15 is 0 Å². The Morgan fingerprint density at radius 2 is 2.38 bits per heavy atom. The van der Waals surface area contributed by atoms with Crippen molar-refractivity contribution in [3.05, 3.63) is 23.0 Å². The Morgan fingerprint density at radius 1 is 1.44 bits per heavy atom. The first-order valence-corrected chi connectivity index (χ1v) is 6.62. The Balaban J connectivity index is 1.85. The summed E-state index contributed by atoms with van der Waals surface area (Å²) >= 11 is 0. The van der Waals surface area contributed by atoms with E-state index in [-0.39, 0.29) is 0 Å². The van der Waals surface area contributed by atoms with Crippen molar-refractivity contribution in [2.45, 2.75) is 51.4 Å². The minimum atomic E-state index is 0.757. The first-order valence-electron chi connectivity index (χ1n) is 6.62. The number of aromatic nitrogens is 2. The average Bonchev–Trinajstić information content (AvgIpc) is 2.94. The van der Waals surface area contributed by atoms with Crippen molar-refractivity contribution in [3.8, 4) is 0 Å². The lowest BCUT2D eigenvalue weighted by Gasteiger charge is -2.12. The molecule has 1 heterocycles. The van der Waals surface area contributed by atoms with Gasteiger partial charge in [-0.1, -0.05) is 19.4 Å². The van der Waals surface area contributed by atoms with Gasteiger partial charge < -0.3 is 0 Å². The molecule has 1 aromatic rings. The van der Waals surface area contributed by atoms with E-state index in [2.05, 4.69) is 29.3 Å². The number of aromatic amines is 1. The summed E-state index contributed by atoms with van der Waals surface area (Å²) in [7, 11) is 0. The van der Waals surface area contributed by atoms with Gasteiger partial charge in [-0.2, -0.15) is 5.10 Å². The van der Waals surface area contributed by atoms with Gasteiger partial charge in [0.2, 0.25) is 0 Å². The number of nitrogens with zero attached hydrogens (tertiary/aromatic N) is 1. The van der Waals surface area contributed by atoms with Crippen LogP contribution in [0.4, 0.5) is 0 Å². The molecular formula is C14H20N2. The summed E-state index contributed by atoms with van der Waals surface area (Å²) < 4.78 is 0. The summed E-state index contributed by atoms with van der Waals surface area (Å²) in [6, 6.07) is 0. The van der Waals surface area contributed by atoms with Crippen molar-refractivity contribution >= 4 is 6.08 Å². The minimum absolute atomic E-state index is 0.757. The molecule has 2 unspecified atom stereocenters. The molecular weight excluding hydrogens is 196 g/mol. The fourth-order valence-electron chi connectivity index (χ4n) is 3.26. The Kier molecular flexibility index (Phi) is 2.58. The third-order valence-electron chi connectivity index (χ3n) is 4.29. The number of hydrogen-bond donors (Lipinski definition) is 1. The van der Waals surface area contributed by atoms with Crippen LogP contribution in [0, 0.1) is 5.92 Å². The number of allylic oxidation sites excluding steroid dienone is 1. The monoisotopic (exact) mass is 216 g/mol. The highest BCUT2D eigenvalue weighted by molar-refractivity contribution is 5.53. The van der Waals surface area contributed by atoms with Crippen molar-refractivity contribution in [2.75, 3.05) is 0 Å². The summed E-state index contributed by atoms with van der Waals surface area (Å²) in [5.74, 6) is 1.70. The van der Waals surface area contributed by atoms with Crippen molar-refractivity contribution in [1.29, 1.82) is 0 Å². The molecule has 2 heteroatoms. The van der Waals surface area contributed by atoms with E-state index in [1.54, 1.807) is 0 Å². The standard InChI is InChI=1S/C14H20N2/c1-2-10-7-8-11(9-10)14-12-5-3-4-6-13(12)15-16-14/h4,6,10-11H,2-3,5,7-9H2,1H3,(H,15,16). The SMILES string of the molecule is CCC1CCC(c2[nH]nc3c2CCC=C3)C1. The molecule has 0 aliphatic heterocycles. The molecule has 2 nitrogen and oxygen atoms in total. The second-order valence-electron chi connectivity index (χ2n) is 5.23. The fourth-order valence-corrected chi connectivity index (χ4v) is 3.26. The molecule has 0 spiro atoms. The molecule has 2 aliphatic carbocycles. The van der Waals surface area contributed by atoms with E-state index in [1.807, 2.05) is 0 Å². The average molecular weight is 216 g/mol. The predicted octanol–water partition coefficient (Wildman–Crippen LogP) is 3.66. The maximum absolute atomic E-state index is 4.44. The van der Waals surface area contributed by atoms with Crippen LogP contribution in [0.2, 0.25) is 0 Å². The van der Waals surface area contributed by atoms with Gasteiger partial charge >= 0.3 is 0 Å². The number of fused-ring (bicyclic) bond motifs is 1. The van der Waals surface area contributed by atoms with E-state index in [0.717, 1.165) is 11.8 Å². The zero-order chi connectivity index (χ0) is 11.0. The largest absolute Gasteiger partial charge is 0.281 e. The zero-order valence-electron chi connectivity index (χ0n) is 10.00. The van der Waals surface area contributed by atoms with Crippen LogP contribution in [0.1, 0.15) is 61.9 Å². The van der Waals surface area contributed by atoms with E-state index in [0.29, 0.717) is 0 Å². The van der Waals surface area contributed by atoms with Gasteiger partial charge in [0.15, 0.2) is 0 Å². The first-order chi connectivity index (χ1) is 7.88. The summed E-state index contributed by atoms with van der Waals surface area (Å²) in [6.07, 6.45) is 12.2. The van der Waals surface area contributed by atoms with Crippen LogP contribution in [0.25, 0.3) is 6.08 Å². The maximum Gasteiger partial charge on any atom is 0.0880 e. The molecule has 86 valence electrons. The lowest BCUT2D eigenvalue weighted by atomic mass is 9.93. The van der Waals surface area contributed by atoms with Crippen molar-refractivity contribution in [1.82, 2.24) is 10.2 Å². The number of H-pyrrole nitrogens is 1. The Morgan fingerprint density at radius 3 is 3.19 bits per heavy atom. The zero-order valence-corrected chi connectivity index (χ0v) is 10.00. The van der Waals surface area contributed by atoms with Crippen LogP contribution in [0.5, 0.6) is 0 Å². The van der Waals surface area contributed by atoms with Gasteiger partial charge in [0, 0.05) is 17.2 Å². The molecule has 0 bridgehead atoms. The molecule has 1 fully saturated rings. The number of rotatable bonds is 2. The topological polar surface area (TPSA) is 28.7 Å². The lowest BCUT2D eigenvalue weighted by Crippen LogP contribution is -2.01. The van der Waals surface area contributed by atoms with Crippen LogP contribution >= 0.6 is 0 Å². The molecule has 1 aromatic heterocycles. The third-order valence-corrected chi connectivity index (χ3v) is 4.29. The van der Waals surface area contributed by atoms with Gasteiger partial charge in [-0.15, -0.1) is 0 Å². The smallest absolute Gasteiger partial charge is 0.0880 e. The first kappa shape index (κ1) is 10.1. The molecule has 1 N–H and O–H groups in total. The lowest BCUT2D eigenvalue weighted by molar-refractivity contribution is 0.518. The van der Waals surface area contributed by atoms with Gasteiger partial charge in [0.1, 0.15) is 0 Å². The van der Waals surface area contributed by atoms with Crippen molar-refractivity contribution in [3.63, 3.8) is 0 Å². The normalized spacial score (nSPS) is 28.3. The Labute approximate surface area is 97.1 Å². The summed E-state index contributed by atoms with van der Waals surface area (Å²) in [5.41, 5.74) is 4.15. The predicted molar refractivity (Wildman–Crippen MR) is 66.3 cm³/mol. The summed E-state index contributed by atoms with van der Waals surface area (Å²) in [5, 5.41) is 7.74. The van der Waals surface area contributed by atoms with Gasteiger partial charge in [-0.25, -0.2) is 0 Å². The fraction of sp³-hybridized carbons (Fsp3) is 0.643. The van der Waals surface area contributed by atoms with Crippen LogP contribution in [-0.4, -0.2) is 10.2 Å². The summed E-state index contributed by atoms with van der Waals surface area (Å²) in [6.45, 7) is 2.32. The molecule has 2 aliphatic rings. The van der Waals surface area contributed by atoms with E-state index in [1.165, 1.54) is 55.5 Å². The third kappa shape index (κ3) is 1.60. The van der Waals surface area contributed by atoms with Crippen molar-refractivity contribution in [2.24, 2.45) is 5.92 Å². The highest BCUT2D eigenvalue weighted by Crippen LogP contribution is 2.41. The highest BCUT2D eigenvalue weighted by Gasteiger charge is 2.28. The van der Waals surface area contributed by atoms with E-state index in [4.69, 9.17) is 0 Å². The maximum atomic E-state index is 4.44. The van der Waals surface area contributed by atoms with Gasteiger partial charge in [-0.3, -0.25) is 5.10 Å². The minimum Gasteiger partial charge on any atom is -0.281 e. The molecule has 3 rings (SSSR count). The molecule has 0 aromatic carbocycles. The van der Waals surface area contributed by atoms with Crippen molar-refractivity contribution < 1.29 is 0 Å². The van der Waals surface area contributed by atoms with Gasteiger partial charge in [0.05, 0.1) is 5.69 Å². The molecule has 16 heavy (non-hydrogen) atoms. The van der Waals surface area contributed by atoms with Crippen LogP contribution in [-0.2, 0) is 6.42 Å².